The Bertz CT molecular complexity index is 1680. The van der Waals surface area contributed by atoms with Crippen molar-refractivity contribution >= 4 is 49.7 Å². The highest BCUT2D eigenvalue weighted by Gasteiger charge is 2.34. The van der Waals surface area contributed by atoms with Crippen LogP contribution in [0.4, 0.5) is 4.79 Å². The normalized spacial score (nSPS) is 18.8. The van der Waals surface area contributed by atoms with Crippen LogP contribution >= 0.6 is 31.9 Å². The maximum absolute atomic E-state index is 14.1. The molecule has 3 N–H and O–H groups in total. The molecule has 4 amide bonds. The number of nitrogens with one attached hydrogen (secondary N) is 2. The van der Waals surface area contributed by atoms with Gasteiger partial charge in [-0.05, 0) is 80.8 Å². The quantitative estimate of drug-likeness (QED) is 0.329. The molecule has 14 heteroatoms. The summed E-state index contributed by atoms with van der Waals surface area (Å²) in [4.78, 5) is 63.2. The van der Waals surface area contributed by atoms with Gasteiger partial charge in [-0.2, -0.15) is 0 Å². The number of carbonyl (C=O) groups is 3. The van der Waals surface area contributed by atoms with Gasteiger partial charge in [-0.3, -0.25) is 19.1 Å². The first-order valence-electron chi connectivity index (χ1n) is 16.9. The zero-order valence-corrected chi connectivity index (χ0v) is 30.8. The smallest absolute Gasteiger partial charge is 0.326 e. The van der Waals surface area contributed by atoms with E-state index in [1.54, 1.807) is 28.5 Å². The van der Waals surface area contributed by atoms with Crippen LogP contribution in [0.2, 0.25) is 0 Å². The number of aromatic amines is 1. The SMILES string of the molecule is CC(=O)N1CCN(C2CCN(C(=O)[C@@H](Cc3cc(Br)c(O)c(Br)c3)NC(=O)N3CCC(n4cc(-c5ccccc5)[nH]c4=O)CC3)CC2)CC1. The Morgan fingerprint density at radius 2 is 1.45 bits per heavy atom. The van der Waals surface area contributed by atoms with Gasteiger partial charge >= 0.3 is 11.7 Å². The zero-order chi connectivity index (χ0) is 34.7. The minimum absolute atomic E-state index is 0.0406. The van der Waals surface area contributed by atoms with Crippen molar-refractivity contribution in [1.29, 1.82) is 0 Å². The van der Waals surface area contributed by atoms with Gasteiger partial charge in [0.1, 0.15) is 11.8 Å². The van der Waals surface area contributed by atoms with Gasteiger partial charge in [-0.25, -0.2) is 9.59 Å². The number of phenolic OH excluding ortho intramolecular Hbond substituents is 1. The van der Waals surface area contributed by atoms with Crippen LogP contribution in [0.1, 0.15) is 44.2 Å². The second-order valence-electron chi connectivity index (χ2n) is 13.2. The van der Waals surface area contributed by atoms with Crippen molar-refractivity contribution in [3.63, 3.8) is 0 Å². The fourth-order valence-corrected chi connectivity index (χ4v) is 8.56. The van der Waals surface area contributed by atoms with Gasteiger partial charge in [0.15, 0.2) is 0 Å². The van der Waals surface area contributed by atoms with Crippen LogP contribution in [0.5, 0.6) is 5.75 Å². The molecule has 12 nitrogen and oxygen atoms in total. The van der Waals surface area contributed by atoms with Crippen LogP contribution in [0.25, 0.3) is 11.3 Å². The van der Waals surface area contributed by atoms with E-state index in [1.807, 2.05) is 46.3 Å². The summed E-state index contributed by atoms with van der Waals surface area (Å²) in [6.45, 7) is 6.84. The molecule has 49 heavy (non-hydrogen) atoms. The number of likely N-dealkylation sites (tertiary alicyclic amines) is 2. The third-order valence-electron chi connectivity index (χ3n) is 10.1. The molecule has 0 radical (unpaired) electrons. The van der Waals surface area contributed by atoms with Crippen molar-refractivity contribution in [2.45, 2.75) is 57.2 Å². The molecule has 3 aromatic rings. The van der Waals surface area contributed by atoms with Crippen LogP contribution in [-0.2, 0) is 16.0 Å². The lowest BCUT2D eigenvalue weighted by molar-refractivity contribution is -0.136. The number of piperazine rings is 1. The first-order chi connectivity index (χ1) is 23.6. The molecule has 0 unspecified atom stereocenters. The Balaban J connectivity index is 1.09. The largest absolute Gasteiger partial charge is 0.506 e. The summed E-state index contributed by atoms with van der Waals surface area (Å²) >= 11 is 6.78. The third kappa shape index (κ3) is 8.24. The minimum Gasteiger partial charge on any atom is -0.506 e. The number of hydrogen-bond acceptors (Lipinski definition) is 6. The van der Waals surface area contributed by atoms with E-state index in [2.05, 4.69) is 47.1 Å². The first kappa shape index (κ1) is 35.2. The number of H-pyrrole nitrogens is 1. The standard InChI is InChI=1S/C35H43Br2N7O5/c1-23(45)40-15-17-41(18-16-40)26-7-11-42(12-8-26)33(47)30(21-24-19-28(36)32(46)29(37)20-24)38-34(48)43-13-9-27(10-14-43)44-22-31(39-35(44)49)25-5-3-2-4-6-25/h2-6,19-20,22,26-27,30,46H,7-18,21H2,1H3,(H,38,48)(H,39,49)/t30-/m1/s1. The lowest BCUT2D eigenvalue weighted by Gasteiger charge is -2.43. The maximum atomic E-state index is 14.1. The number of imidazole rings is 1. The average Bonchev–Trinajstić information content (AvgIpc) is 3.51. The average molecular weight is 802 g/mol. The minimum atomic E-state index is -0.801. The molecule has 3 fully saturated rings. The molecule has 1 aromatic heterocycles. The molecule has 1 atom stereocenters. The molecule has 0 saturated carbocycles. The molecule has 6 rings (SSSR count). The number of halogens is 2. The number of phenols is 1. The monoisotopic (exact) mass is 799 g/mol. The van der Waals surface area contributed by atoms with Crippen molar-refractivity contribution in [2.75, 3.05) is 52.4 Å². The molecule has 0 aliphatic carbocycles. The highest BCUT2D eigenvalue weighted by atomic mass is 79.9. The van der Waals surface area contributed by atoms with E-state index in [-0.39, 0.29) is 41.7 Å². The maximum Gasteiger partial charge on any atom is 0.326 e. The van der Waals surface area contributed by atoms with Crippen molar-refractivity contribution in [3.05, 3.63) is 73.7 Å². The number of aromatic nitrogens is 2. The second kappa shape index (κ2) is 15.5. The number of aromatic hydroxyl groups is 1. The molecule has 4 heterocycles. The lowest BCUT2D eigenvalue weighted by Crippen LogP contribution is -2.57. The van der Waals surface area contributed by atoms with Gasteiger partial charge in [-0.1, -0.05) is 30.3 Å². The van der Waals surface area contributed by atoms with Crippen molar-refractivity contribution < 1.29 is 19.5 Å². The van der Waals surface area contributed by atoms with Crippen molar-refractivity contribution in [1.82, 2.24) is 34.5 Å². The molecule has 0 bridgehead atoms. The fourth-order valence-electron chi connectivity index (χ4n) is 7.28. The molecule has 3 aliphatic heterocycles. The highest BCUT2D eigenvalue weighted by molar-refractivity contribution is 9.11. The molecular formula is C35H43Br2N7O5. The first-order valence-corrected chi connectivity index (χ1v) is 18.5. The third-order valence-corrected chi connectivity index (χ3v) is 11.3. The summed E-state index contributed by atoms with van der Waals surface area (Å²) in [5, 5.41) is 13.3. The Morgan fingerprint density at radius 1 is 0.857 bits per heavy atom. The van der Waals surface area contributed by atoms with Crippen LogP contribution in [0, 0.1) is 0 Å². The van der Waals surface area contributed by atoms with Crippen molar-refractivity contribution in [2.24, 2.45) is 0 Å². The number of carbonyl (C=O) groups excluding carboxylic acids is 3. The number of rotatable bonds is 7. The van der Waals surface area contributed by atoms with Gasteiger partial charge in [0, 0.05) is 84.0 Å². The molecule has 262 valence electrons. The molecule has 3 aliphatic rings. The number of piperidine rings is 2. The zero-order valence-electron chi connectivity index (χ0n) is 27.6. The topological polar surface area (TPSA) is 134 Å². The second-order valence-corrected chi connectivity index (χ2v) is 14.9. The van der Waals surface area contributed by atoms with E-state index in [0.29, 0.717) is 54.0 Å². The number of benzene rings is 2. The molecule has 0 spiro atoms. The van der Waals surface area contributed by atoms with E-state index < -0.39 is 6.04 Å². The fraction of sp³-hybridized carbons (Fsp3) is 0.486. The number of amides is 4. The number of hydrogen-bond donors (Lipinski definition) is 3. The van der Waals surface area contributed by atoms with E-state index in [4.69, 9.17) is 0 Å². The Kier molecular flexibility index (Phi) is 11.1. The van der Waals surface area contributed by atoms with Crippen LogP contribution < -0.4 is 11.0 Å². The lowest BCUT2D eigenvalue weighted by atomic mass is 9.99. The number of nitrogens with zero attached hydrogens (tertiary/aromatic N) is 5. The molecule has 3 saturated heterocycles. The summed E-state index contributed by atoms with van der Waals surface area (Å²) in [6.07, 6.45) is 5.01. The van der Waals surface area contributed by atoms with E-state index >= 15 is 0 Å². The predicted molar refractivity (Wildman–Crippen MR) is 193 cm³/mol. The summed E-state index contributed by atoms with van der Waals surface area (Å²) < 4.78 is 2.73. The van der Waals surface area contributed by atoms with Crippen LogP contribution in [0.3, 0.4) is 0 Å². The summed E-state index contributed by atoms with van der Waals surface area (Å²) in [6, 6.07) is 12.4. The van der Waals surface area contributed by atoms with Gasteiger partial charge < -0.3 is 30.1 Å². The number of urea groups is 1. The Labute approximate surface area is 302 Å². The molecule has 2 aromatic carbocycles. The van der Waals surface area contributed by atoms with Gasteiger partial charge in [0.05, 0.1) is 14.6 Å². The Hall–Kier alpha value is -3.62. The van der Waals surface area contributed by atoms with Gasteiger partial charge in [0.25, 0.3) is 0 Å². The van der Waals surface area contributed by atoms with E-state index in [1.165, 1.54) is 0 Å². The Morgan fingerprint density at radius 3 is 2.06 bits per heavy atom. The van der Waals surface area contributed by atoms with E-state index in [9.17, 15) is 24.3 Å². The highest BCUT2D eigenvalue weighted by Crippen LogP contribution is 2.34. The predicted octanol–water partition coefficient (Wildman–Crippen LogP) is 4.19. The van der Waals surface area contributed by atoms with Crippen LogP contribution in [-0.4, -0.2) is 117 Å². The van der Waals surface area contributed by atoms with Gasteiger partial charge in [-0.15, -0.1) is 0 Å². The summed E-state index contributed by atoms with van der Waals surface area (Å²) in [7, 11) is 0. The van der Waals surface area contributed by atoms with Gasteiger partial charge in [0.2, 0.25) is 11.8 Å². The molecular weight excluding hydrogens is 758 g/mol. The summed E-state index contributed by atoms with van der Waals surface area (Å²) in [5.74, 6) is 0.0525. The van der Waals surface area contributed by atoms with Crippen LogP contribution in [0.15, 0.2) is 62.4 Å². The van der Waals surface area contributed by atoms with Crippen molar-refractivity contribution in [3.8, 4) is 17.0 Å². The van der Waals surface area contributed by atoms with E-state index in [0.717, 1.165) is 55.8 Å². The summed E-state index contributed by atoms with van der Waals surface area (Å²) in [5.41, 5.74) is 2.32.